The molecule has 4 fully saturated rings. The van der Waals surface area contributed by atoms with Crippen LogP contribution in [0, 0.1) is 47.3 Å². The molecular weight excluding hydrogens is 834 g/mol. The second-order valence-electron chi connectivity index (χ2n) is 8.18. The van der Waals surface area contributed by atoms with E-state index in [2.05, 4.69) is 0 Å². The van der Waals surface area contributed by atoms with Crippen LogP contribution in [0.4, 0.5) is 0 Å². The van der Waals surface area contributed by atoms with Crippen LogP contribution < -0.4 is 0 Å². The molecule has 0 unspecified atom stereocenters. The van der Waals surface area contributed by atoms with Crippen molar-refractivity contribution in [3.63, 3.8) is 0 Å². The Hall–Kier alpha value is 1.06. The van der Waals surface area contributed by atoms with Crippen molar-refractivity contribution in [2.45, 2.75) is 51.4 Å². The van der Waals surface area contributed by atoms with E-state index in [1.807, 2.05) is 0 Å². The van der Waals surface area contributed by atoms with Gasteiger partial charge in [0.25, 0.3) is 0 Å². The van der Waals surface area contributed by atoms with Crippen molar-refractivity contribution in [1.82, 2.24) is 0 Å². The van der Waals surface area contributed by atoms with E-state index in [-0.39, 0.29) is 73.8 Å². The van der Waals surface area contributed by atoms with Crippen molar-refractivity contribution in [3.8, 4) is 0 Å². The van der Waals surface area contributed by atoms with Crippen LogP contribution in [-0.4, -0.2) is 61.1 Å². The molecule has 0 aromatic carbocycles. The summed E-state index contributed by atoms with van der Waals surface area (Å²) in [5, 5.41) is 25.0. The summed E-state index contributed by atoms with van der Waals surface area (Å²) < 4.78 is 0. The monoisotopic (exact) mass is 874 g/mol. The Morgan fingerprint density at radius 3 is 0.594 bits per heavy atom. The molecule has 32 heavy (non-hydrogen) atoms. The summed E-state index contributed by atoms with van der Waals surface area (Å²) in [5.41, 5.74) is 0. The molecule has 4 aliphatic heterocycles. The van der Waals surface area contributed by atoms with Gasteiger partial charge in [0.05, 0.1) is 49.3 Å². The molecule has 0 radical (unpaired) electrons. The van der Waals surface area contributed by atoms with Gasteiger partial charge in [0.2, 0.25) is 0 Å². The third-order valence-corrected chi connectivity index (χ3v) is 22.7. The van der Waals surface area contributed by atoms with E-state index in [4.69, 9.17) is 47.3 Å². The van der Waals surface area contributed by atoms with E-state index in [9.17, 15) is 0 Å². The molecule has 10 heteroatoms. The molecule has 4 heterocycles. The largest absolute Gasteiger partial charge is 0.512 e. The Bertz CT molecular complexity index is 372. The van der Waals surface area contributed by atoms with E-state index in [0.29, 0.717) is 0 Å². The molecule has 0 aromatic heterocycles. The minimum atomic E-state index is 0. The zero-order valence-corrected chi connectivity index (χ0v) is 27.7. The van der Waals surface area contributed by atoms with Crippen LogP contribution in [-0.2, 0) is 42.1 Å². The molecule has 4 rings (SSSR count). The minimum absolute atomic E-state index is 0. The Morgan fingerprint density at radius 2 is 0.469 bits per heavy atom. The van der Waals surface area contributed by atoms with Gasteiger partial charge in [0.1, 0.15) is 0 Å². The van der Waals surface area contributed by atoms with Crippen LogP contribution in [0.5, 0.6) is 0 Å². The van der Waals surface area contributed by atoms with E-state index in [1.165, 1.54) is 0 Å². The summed E-state index contributed by atoms with van der Waals surface area (Å²) in [7, 11) is 1.00. The zero-order chi connectivity index (χ0) is 23.0. The van der Waals surface area contributed by atoms with Gasteiger partial charge in [0.15, 0.2) is 11.8 Å². The second-order valence-corrected chi connectivity index (χ2v) is 21.0. The third-order valence-electron chi connectivity index (χ3n) is 6.24. The Kier molecular flexibility index (Phi) is 40.3. The van der Waals surface area contributed by atoms with E-state index < -0.39 is 0 Å². The van der Waals surface area contributed by atoms with Gasteiger partial charge in [-0.25, -0.2) is 0 Å². The summed E-state index contributed by atoms with van der Waals surface area (Å²) >= 11 is 0. The van der Waals surface area contributed by atoms with Gasteiger partial charge in [-0.05, 0) is 51.4 Å². The van der Waals surface area contributed by atoms with E-state index in [0.717, 1.165) is 0 Å². The summed E-state index contributed by atoms with van der Waals surface area (Å²) in [6.07, 6.45) is 26.1. The maximum absolute atomic E-state index is 6.25. The van der Waals surface area contributed by atoms with Crippen LogP contribution in [0.2, 0.25) is 0 Å². The van der Waals surface area contributed by atoms with Crippen LogP contribution >= 0.6 is 31.7 Å². The smallest absolute Gasteiger partial charge is 0.155 e. The average molecular weight is 875 g/mol. The molecule has 0 amide bonds. The fraction of sp³-hybridized carbons (Fsp3) is 0.818. The first-order chi connectivity index (χ1) is 14.9. The first-order valence-corrected chi connectivity index (χ1v) is 19.6. The quantitative estimate of drug-likeness (QED) is 0.245. The standard InChI is InChI=1S/2C9H18P2.4CN.2Pt/c2*1-2-6-10(5-1)9-11-7-3-4-8-11;4*1-2;;/h2*1-9H2;;;;;;/q;;4*-1;;/p+4. The first kappa shape index (κ1) is 40.2. The second kappa shape index (κ2) is 32.1. The van der Waals surface area contributed by atoms with Gasteiger partial charge < -0.3 is 47.3 Å². The van der Waals surface area contributed by atoms with Gasteiger partial charge >= 0.3 is 0 Å². The molecule has 0 bridgehead atoms. The summed E-state index contributed by atoms with van der Waals surface area (Å²) in [4.78, 5) is 0. The van der Waals surface area contributed by atoms with Crippen molar-refractivity contribution < 1.29 is 42.1 Å². The Morgan fingerprint density at radius 1 is 0.344 bits per heavy atom. The number of hydrogen-bond donors (Lipinski definition) is 0. The van der Waals surface area contributed by atoms with E-state index >= 15 is 0 Å². The molecule has 0 aromatic rings. The fourth-order valence-corrected chi connectivity index (χ4v) is 23.2. The van der Waals surface area contributed by atoms with Crippen LogP contribution in [0.15, 0.2) is 0 Å². The molecule has 4 saturated heterocycles. The molecular formula is C22H40N4P4Pt2. The molecule has 0 atom stereocenters. The van der Waals surface area contributed by atoms with Gasteiger partial charge in [-0.2, -0.15) is 0 Å². The van der Waals surface area contributed by atoms with Crippen molar-refractivity contribution in [3.05, 3.63) is 26.3 Å². The number of nitrogens with zero attached hydrogens (tertiary/aromatic N) is 4. The summed E-state index contributed by atoms with van der Waals surface area (Å²) in [6.45, 7) is 19.0. The summed E-state index contributed by atoms with van der Waals surface area (Å²) in [5.74, 6) is 3.57. The first-order valence-electron chi connectivity index (χ1n) is 11.1. The maximum Gasteiger partial charge on any atom is 0.155 e. The fourth-order valence-electron chi connectivity index (χ4n) is 4.91. The maximum atomic E-state index is 6.25. The molecule has 0 N–H and O–H groups in total. The number of rotatable bonds is 4. The van der Waals surface area contributed by atoms with E-state index in [1.54, 1.807) is 112 Å². The Balaban J connectivity index is -0.000000179. The zero-order valence-electron chi connectivity index (χ0n) is 19.1. The van der Waals surface area contributed by atoms with Crippen LogP contribution in [0.1, 0.15) is 51.4 Å². The van der Waals surface area contributed by atoms with Crippen molar-refractivity contribution in [1.29, 1.82) is 21.0 Å². The van der Waals surface area contributed by atoms with Crippen LogP contribution in [0.25, 0.3) is 0 Å². The molecule has 0 spiro atoms. The topological polar surface area (TPSA) is 95.2 Å². The molecule has 188 valence electrons. The van der Waals surface area contributed by atoms with Crippen LogP contribution in [0.3, 0.4) is 0 Å². The van der Waals surface area contributed by atoms with Crippen molar-refractivity contribution in [2.75, 3.05) is 61.1 Å². The summed E-state index contributed by atoms with van der Waals surface area (Å²) in [6, 6.07) is 0. The molecule has 0 aliphatic carbocycles. The average Bonchev–Trinajstić information content (AvgIpc) is 3.64. The van der Waals surface area contributed by atoms with Gasteiger partial charge in [-0.1, -0.05) is 0 Å². The van der Waals surface area contributed by atoms with Gasteiger partial charge in [0, 0.05) is 73.8 Å². The SMILES string of the molecule is C1CC[PH+](C[PH+]2CCCC2)C1.C1CC[PH+](C[PH+]2CCCC2)C1.[C-]#N.[C-]#N.[C-]#N.[C-]#N.[Pt].[Pt]. The van der Waals surface area contributed by atoms with Crippen molar-refractivity contribution in [2.24, 2.45) is 0 Å². The van der Waals surface area contributed by atoms with Gasteiger partial charge in [-0.3, -0.25) is 0 Å². The molecule has 4 aliphatic rings. The number of hydrogen-bond acceptors (Lipinski definition) is 4. The predicted molar refractivity (Wildman–Crippen MR) is 139 cm³/mol. The Labute approximate surface area is 232 Å². The third kappa shape index (κ3) is 20.4. The van der Waals surface area contributed by atoms with Gasteiger partial charge in [-0.15, -0.1) is 0 Å². The predicted octanol–water partition coefficient (Wildman–Crippen LogP) is 6.30. The molecule has 0 saturated carbocycles. The van der Waals surface area contributed by atoms with Crippen molar-refractivity contribution >= 4 is 31.7 Å². The molecule has 4 nitrogen and oxygen atoms in total. The normalized spacial score (nSPS) is 19.8. The minimum Gasteiger partial charge on any atom is -0.512 e.